The van der Waals surface area contributed by atoms with E-state index in [2.05, 4.69) is 5.32 Å². The molecule has 2 atom stereocenters. The molecule has 0 aliphatic carbocycles. The number of carboxylic acid groups (broad SMARTS) is 1. The molecule has 1 aliphatic heterocycles. The molecule has 2 unspecified atom stereocenters. The Morgan fingerprint density at radius 3 is 2.61 bits per heavy atom. The summed E-state index contributed by atoms with van der Waals surface area (Å²) in [5.41, 5.74) is 4.96. The van der Waals surface area contributed by atoms with Crippen LogP contribution in [0.1, 0.15) is 19.3 Å². The quantitative estimate of drug-likeness (QED) is 0.551. The molecule has 18 heavy (non-hydrogen) atoms. The average Bonchev–Trinajstić information content (AvgIpc) is 2.70. The van der Waals surface area contributed by atoms with Crippen molar-refractivity contribution in [2.45, 2.75) is 25.3 Å². The summed E-state index contributed by atoms with van der Waals surface area (Å²) in [5.74, 6) is -2.16. The standard InChI is InChI=1S/C11H19N3O4/c1-14-5-4-7(6-14)10(16)13-8(11(17)18)2-3-9(12)15/h7-8H,2-6H2,1H3,(H2,12,15)(H,13,16)(H,17,18). The van der Waals surface area contributed by atoms with Gasteiger partial charge in [0.05, 0.1) is 5.92 Å². The molecular weight excluding hydrogens is 238 g/mol. The second kappa shape index (κ2) is 6.34. The smallest absolute Gasteiger partial charge is 0.326 e. The maximum absolute atomic E-state index is 11.8. The van der Waals surface area contributed by atoms with Gasteiger partial charge in [-0.2, -0.15) is 0 Å². The second-order valence-corrected chi connectivity index (χ2v) is 4.65. The summed E-state index contributed by atoms with van der Waals surface area (Å²) in [6.07, 6.45) is 0.700. The van der Waals surface area contributed by atoms with Crippen molar-refractivity contribution in [1.82, 2.24) is 10.2 Å². The molecule has 7 heteroatoms. The van der Waals surface area contributed by atoms with Gasteiger partial charge in [0.15, 0.2) is 0 Å². The normalized spacial score (nSPS) is 21.5. The third kappa shape index (κ3) is 4.33. The predicted octanol–water partition coefficient (Wildman–Crippen LogP) is -1.23. The van der Waals surface area contributed by atoms with Gasteiger partial charge in [0.25, 0.3) is 0 Å². The topological polar surface area (TPSA) is 113 Å². The number of nitrogens with two attached hydrogens (primary N) is 1. The summed E-state index contributed by atoms with van der Waals surface area (Å²) in [6, 6.07) is -1.05. The molecule has 7 nitrogen and oxygen atoms in total. The van der Waals surface area contributed by atoms with E-state index in [1.165, 1.54) is 0 Å². The number of carbonyl (C=O) groups is 3. The average molecular weight is 257 g/mol. The van der Waals surface area contributed by atoms with Gasteiger partial charge >= 0.3 is 5.97 Å². The van der Waals surface area contributed by atoms with Gasteiger partial charge < -0.3 is 21.1 Å². The van der Waals surface area contributed by atoms with E-state index in [-0.39, 0.29) is 24.7 Å². The Bertz CT molecular complexity index is 345. The molecule has 1 saturated heterocycles. The molecule has 0 radical (unpaired) electrons. The number of likely N-dealkylation sites (tertiary alicyclic amines) is 1. The second-order valence-electron chi connectivity index (χ2n) is 4.65. The van der Waals surface area contributed by atoms with Crippen molar-refractivity contribution in [2.75, 3.05) is 20.1 Å². The molecule has 0 aromatic heterocycles. The summed E-state index contributed by atoms with van der Waals surface area (Å²) in [6.45, 7) is 1.46. The van der Waals surface area contributed by atoms with E-state index in [4.69, 9.17) is 10.8 Å². The van der Waals surface area contributed by atoms with Gasteiger partial charge in [-0.05, 0) is 26.4 Å². The van der Waals surface area contributed by atoms with Crippen LogP contribution in [0.25, 0.3) is 0 Å². The molecule has 0 saturated carbocycles. The van der Waals surface area contributed by atoms with Gasteiger partial charge in [0.2, 0.25) is 11.8 Å². The molecule has 1 heterocycles. The van der Waals surface area contributed by atoms with Crippen LogP contribution >= 0.6 is 0 Å². The zero-order valence-corrected chi connectivity index (χ0v) is 10.4. The first-order valence-corrected chi connectivity index (χ1v) is 5.90. The lowest BCUT2D eigenvalue weighted by Gasteiger charge is -2.16. The lowest BCUT2D eigenvalue weighted by molar-refractivity contribution is -0.142. The number of primary amides is 1. The Morgan fingerprint density at radius 1 is 1.50 bits per heavy atom. The van der Waals surface area contributed by atoms with Crippen molar-refractivity contribution in [3.63, 3.8) is 0 Å². The maximum Gasteiger partial charge on any atom is 0.326 e. The Kier molecular flexibility index (Phi) is 5.08. The van der Waals surface area contributed by atoms with Crippen LogP contribution in [0, 0.1) is 5.92 Å². The highest BCUT2D eigenvalue weighted by Gasteiger charge is 2.29. The molecule has 0 aromatic carbocycles. The number of hydrogen-bond acceptors (Lipinski definition) is 4. The highest BCUT2D eigenvalue weighted by atomic mass is 16.4. The van der Waals surface area contributed by atoms with E-state index >= 15 is 0 Å². The summed E-state index contributed by atoms with van der Waals surface area (Å²) < 4.78 is 0. The molecule has 0 aromatic rings. The van der Waals surface area contributed by atoms with Crippen LogP contribution in [-0.4, -0.2) is 54.0 Å². The van der Waals surface area contributed by atoms with E-state index in [9.17, 15) is 14.4 Å². The van der Waals surface area contributed by atoms with E-state index in [1.807, 2.05) is 11.9 Å². The molecule has 2 amide bonds. The number of rotatable bonds is 6. The van der Waals surface area contributed by atoms with Gasteiger partial charge in [0.1, 0.15) is 6.04 Å². The Labute approximate surface area is 105 Å². The number of hydrogen-bond donors (Lipinski definition) is 3. The summed E-state index contributed by atoms with van der Waals surface area (Å²) in [7, 11) is 1.91. The lowest BCUT2D eigenvalue weighted by Crippen LogP contribution is -2.44. The molecule has 1 aliphatic rings. The number of nitrogens with one attached hydrogen (secondary N) is 1. The summed E-state index contributed by atoms with van der Waals surface area (Å²) in [4.78, 5) is 35.4. The molecular formula is C11H19N3O4. The van der Waals surface area contributed by atoms with Crippen LogP contribution < -0.4 is 11.1 Å². The first kappa shape index (κ1) is 14.4. The van der Waals surface area contributed by atoms with E-state index in [1.54, 1.807) is 0 Å². The first-order valence-electron chi connectivity index (χ1n) is 5.90. The van der Waals surface area contributed by atoms with Crippen molar-refractivity contribution in [3.05, 3.63) is 0 Å². The van der Waals surface area contributed by atoms with Gasteiger partial charge in [-0.25, -0.2) is 4.79 Å². The Morgan fingerprint density at radius 2 is 2.17 bits per heavy atom. The van der Waals surface area contributed by atoms with Crippen molar-refractivity contribution >= 4 is 17.8 Å². The molecule has 102 valence electrons. The summed E-state index contributed by atoms with van der Waals surface area (Å²) in [5, 5.41) is 11.4. The zero-order chi connectivity index (χ0) is 13.7. The predicted molar refractivity (Wildman–Crippen MR) is 63.6 cm³/mol. The van der Waals surface area contributed by atoms with E-state index in [0.29, 0.717) is 6.54 Å². The van der Waals surface area contributed by atoms with Crippen LogP contribution in [0.2, 0.25) is 0 Å². The Balaban J connectivity index is 2.47. The van der Waals surface area contributed by atoms with Crippen LogP contribution in [0.5, 0.6) is 0 Å². The summed E-state index contributed by atoms with van der Waals surface area (Å²) >= 11 is 0. The van der Waals surface area contributed by atoms with Crippen LogP contribution in [0.4, 0.5) is 0 Å². The van der Waals surface area contributed by atoms with Crippen LogP contribution in [0.3, 0.4) is 0 Å². The number of carbonyl (C=O) groups excluding carboxylic acids is 2. The lowest BCUT2D eigenvalue weighted by atomic mass is 10.1. The largest absolute Gasteiger partial charge is 0.480 e. The number of nitrogens with zero attached hydrogens (tertiary/aromatic N) is 1. The van der Waals surface area contributed by atoms with Crippen molar-refractivity contribution in [1.29, 1.82) is 0 Å². The number of amides is 2. The maximum atomic E-state index is 11.8. The third-order valence-electron chi connectivity index (χ3n) is 3.06. The van der Waals surface area contributed by atoms with E-state index < -0.39 is 17.9 Å². The highest BCUT2D eigenvalue weighted by molar-refractivity contribution is 5.85. The fraction of sp³-hybridized carbons (Fsp3) is 0.727. The molecule has 1 fully saturated rings. The number of carboxylic acids is 1. The fourth-order valence-corrected chi connectivity index (χ4v) is 1.98. The minimum absolute atomic E-state index is 0.0268. The van der Waals surface area contributed by atoms with Crippen LogP contribution in [0.15, 0.2) is 0 Å². The van der Waals surface area contributed by atoms with Crippen molar-refractivity contribution in [3.8, 4) is 0 Å². The van der Waals surface area contributed by atoms with Crippen molar-refractivity contribution in [2.24, 2.45) is 11.7 Å². The highest BCUT2D eigenvalue weighted by Crippen LogP contribution is 2.14. The van der Waals surface area contributed by atoms with Gasteiger partial charge in [-0.3, -0.25) is 9.59 Å². The van der Waals surface area contributed by atoms with E-state index in [0.717, 1.165) is 13.0 Å². The fourth-order valence-electron chi connectivity index (χ4n) is 1.98. The van der Waals surface area contributed by atoms with Crippen LogP contribution in [-0.2, 0) is 14.4 Å². The SMILES string of the molecule is CN1CCC(C(=O)NC(CCC(N)=O)C(=O)O)C1. The van der Waals surface area contributed by atoms with Gasteiger partial charge in [-0.1, -0.05) is 0 Å². The molecule has 0 spiro atoms. The van der Waals surface area contributed by atoms with Crippen molar-refractivity contribution < 1.29 is 19.5 Å². The first-order chi connectivity index (χ1) is 8.40. The van der Waals surface area contributed by atoms with Gasteiger partial charge in [0, 0.05) is 13.0 Å². The molecule has 1 rings (SSSR count). The Hall–Kier alpha value is -1.63. The van der Waals surface area contributed by atoms with Gasteiger partial charge in [-0.15, -0.1) is 0 Å². The third-order valence-corrected chi connectivity index (χ3v) is 3.06. The minimum Gasteiger partial charge on any atom is -0.480 e. The minimum atomic E-state index is -1.14. The molecule has 0 bridgehead atoms. The molecule has 4 N–H and O–H groups in total. The number of aliphatic carboxylic acids is 1. The monoisotopic (exact) mass is 257 g/mol. The zero-order valence-electron chi connectivity index (χ0n) is 10.4.